The van der Waals surface area contributed by atoms with Crippen molar-refractivity contribution in [1.29, 1.82) is 0 Å². The molecule has 2 aromatic rings. The summed E-state index contributed by atoms with van der Waals surface area (Å²) in [5.41, 5.74) is 2.30. The van der Waals surface area contributed by atoms with Gasteiger partial charge in [0.05, 0.1) is 0 Å². The zero-order chi connectivity index (χ0) is 14.6. The number of halogens is 1. The fourth-order valence-corrected chi connectivity index (χ4v) is 4.32. The average Bonchev–Trinajstić information content (AvgIpc) is 2.50. The third-order valence-electron chi connectivity index (χ3n) is 3.20. The second-order valence-corrected chi connectivity index (χ2v) is 8.09. The highest BCUT2D eigenvalue weighted by molar-refractivity contribution is 9.10. The molecule has 0 aliphatic carbocycles. The van der Waals surface area contributed by atoms with Crippen molar-refractivity contribution < 1.29 is 13.3 Å². The van der Waals surface area contributed by atoms with E-state index in [9.17, 15) is 0 Å². The molecule has 0 heterocycles. The third kappa shape index (κ3) is 3.02. The zero-order valence-corrected chi connectivity index (χ0v) is 14.3. The van der Waals surface area contributed by atoms with Gasteiger partial charge >= 0.3 is 8.80 Å². The van der Waals surface area contributed by atoms with Gasteiger partial charge in [-0.2, -0.15) is 0 Å². The van der Waals surface area contributed by atoms with Gasteiger partial charge in [0, 0.05) is 31.0 Å². The van der Waals surface area contributed by atoms with Crippen LogP contribution in [-0.4, -0.2) is 30.1 Å². The minimum atomic E-state index is -2.74. The molecule has 106 valence electrons. The molecule has 0 spiro atoms. The first-order valence-electron chi connectivity index (χ1n) is 6.17. The third-order valence-corrected chi connectivity index (χ3v) is 6.35. The molecule has 0 radical (unpaired) electrons. The van der Waals surface area contributed by atoms with Crippen molar-refractivity contribution in [3.63, 3.8) is 0 Å². The number of benzene rings is 2. The van der Waals surface area contributed by atoms with Gasteiger partial charge in [-0.05, 0) is 23.3 Å². The van der Waals surface area contributed by atoms with Crippen LogP contribution in [0.1, 0.15) is 0 Å². The molecule has 0 saturated carbocycles. The zero-order valence-electron chi connectivity index (χ0n) is 11.7. The Kier molecular flexibility index (Phi) is 5.12. The van der Waals surface area contributed by atoms with Crippen LogP contribution in [-0.2, 0) is 13.3 Å². The number of rotatable bonds is 5. The van der Waals surface area contributed by atoms with Gasteiger partial charge in [0.2, 0.25) is 0 Å². The summed E-state index contributed by atoms with van der Waals surface area (Å²) >= 11 is 3.49. The summed E-state index contributed by atoms with van der Waals surface area (Å²) in [6.45, 7) is 0. The first-order chi connectivity index (χ1) is 9.65. The molecular formula is C15H17BrO3Si. The van der Waals surface area contributed by atoms with Gasteiger partial charge < -0.3 is 13.3 Å². The first-order valence-corrected chi connectivity index (χ1v) is 8.69. The quantitative estimate of drug-likeness (QED) is 0.773. The second-order valence-electron chi connectivity index (χ2n) is 4.26. The summed E-state index contributed by atoms with van der Waals surface area (Å²) in [4.78, 5) is 0. The lowest BCUT2D eigenvalue weighted by atomic mass is 10.1. The lowest BCUT2D eigenvalue weighted by Gasteiger charge is -2.24. The Morgan fingerprint density at radius 2 is 1.40 bits per heavy atom. The molecule has 0 aromatic heterocycles. The van der Waals surface area contributed by atoms with Crippen LogP contribution >= 0.6 is 15.9 Å². The monoisotopic (exact) mass is 352 g/mol. The molecule has 0 unspecified atom stereocenters. The van der Waals surface area contributed by atoms with Crippen molar-refractivity contribution in [2.45, 2.75) is 0 Å². The molecule has 2 aromatic carbocycles. The van der Waals surface area contributed by atoms with Gasteiger partial charge in [0.25, 0.3) is 0 Å². The number of hydrogen-bond acceptors (Lipinski definition) is 3. The maximum absolute atomic E-state index is 5.47. The molecule has 0 atom stereocenters. The Balaban J connectivity index is 2.35. The Morgan fingerprint density at radius 3 is 1.90 bits per heavy atom. The van der Waals surface area contributed by atoms with Crippen LogP contribution in [0.15, 0.2) is 53.0 Å². The van der Waals surface area contributed by atoms with E-state index >= 15 is 0 Å². The van der Waals surface area contributed by atoms with Crippen LogP contribution in [0, 0.1) is 0 Å². The van der Waals surface area contributed by atoms with E-state index in [0.29, 0.717) is 0 Å². The van der Waals surface area contributed by atoms with Crippen molar-refractivity contribution in [3.8, 4) is 11.1 Å². The van der Waals surface area contributed by atoms with Crippen LogP contribution in [0.25, 0.3) is 11.1 Å². The highest BCUT2D eigenvalue weighted by Gasteiger charge is 2.40. The van der Waals surface area contributed by atoms with Crippen molar-refractivity contribution in [2.24, 2.45) is 0 Å². The van der Waals surface area contributed by atoms with Crippen LogP contribution in [0.2, 0.25) is 0 Å². The molecule has 0 fully saturated rings. The summed E-state index contributed by atoms with van der Waals surface area (Å²) in [6.07, 6.45) is 0. The largest absolute Gasteiger partial charge is 0.536 e. The van der Waals surface area contributed by atoms with Crippen molar-refractivity contribution in [1.82, 2.24) is 0 Å². The molecular weight excluding hydrogens is 336 g/mol. The second kappa shape index (κ2) is 6.65. The smallest absolute Gasteiger partial charge is 0.373 e. The summed E-state index contributed by atoms with van der Waals surface area (Å²) in [5, 5.41) is 0.948. The molecule has 3 nitrogen and oxygen atoms in total. The van der Waals surface area contributed by atoms with Gasteiger partial charge in [-0.1, -0.05) is 52.3 Å². The van der Waals surface area contributed by atoms with Crippen LogP contribution in [0.3, 0.4) is 0 Å². The maximum atomic E-state index is 5.47. The van der Waals surface area contributed by atoms with Crippen molar-refractivity contribution in [3.05, 3.63) is 53.0 Å². The first kappa shape index (κ1) is 15.4. The maximum Gasteiger partial charge on any atom is 0.536 e. The lowest BCUT2D eigenvalue weighted by Crippen LogP contribution is -2.54. The molecule has 0 N–H and O–H groups in total. The summed E-state index contributed by atoms with van der Waals surface area (Å²) in [7, 11) is 2.10. The van der Waals surface area contributed by atoms with E-state index in [1.54, 1.807) is 21.3 Å². The predicted molar refractivity (Wildman–Crippen MR) is 86.0 cm³/mol. The van der Waals surface area contributed by atoms with Gasteiger partial charge in [-0.25, -0.2) is 0 Å². The standard InChI is InChI=1S/C15H17BrO3Si/c1-17-20(18-2,19-3)15-9-7-12(8-10-15)13-5-4-6-14(16)11-13/h4-11H,1-3H3. The summed E-state index contributed by atoms with van der Waals surface area (Å²) in [6, 6.07) is 16.3. The topological polar surface area (TPSA) is 27.7 Å². The Hall–Kier alpha value is -0.983. The van der Waals surface area contributed by atoms with E-state index in [1.165, 1.54) is 0 Å². The minimum absolute atomic E-state index is 0.948. The van der Waals surface area contributed by atoms with E-state index in [0.717, 1.165) is 20.8 Å². The Morgan fingerprint density at radius 1 is 0.800 bits per heavy atom. The van der Waals surface area contributed by atoms with Gasteiger partial charge in [-0.3, -0.25) is 0 Å². The van der Waals surface area contributed by atoms with E-state index in [1.807, 2.05) is 24.3 Å². The highest BCUT2D eigenvalue weighted by Crippen LogP contribution is 2.22. The predicted octanol–water partition coefficient (Wildman–Crippen LogP) is 3.20. The van der Waals surface area contributed by atoms with Gasteiger partial charge in [0.1, 0.15) is 0 Å². The average molecular weight is 353 g/mol. The molecule has 0 amide bonds. The summed E-state index contributed by atoms with van der Waals surface area (Å²) in [5.74, 6) is 0. The molecule has 20 heavy (non-hydrogen) atoms. The lowest BCUT2D eigenvalue weighted by molar-refractivity contribution is 0.140. The van der Waals surface area contributed by atoms with E-state index < -0.39 is 8.80 Å². The molecule has 2 rings (SSSR count). The van der Waals surface area contributed by atoms with Gasteiger partial charge in [-0.15, -0.1) is 0 Å². The summed E-state index contributed by atoms with van der Waals surface area (Å²) < 4.78 is 17.5. The fraction of sp³-hybridized carbons (Fsp3) is 0.200. The van der Waals surface area contributed by atoms with E-state index in [-0.39, 0.29) is 0 Å². The molecule has 0 bridgehead atoms. The van der Waals surface area contributed by atoms with Crippen LogP contribution < -0.4 is 5.19 Å². The van der Waals surface area contributed by atoms with Crippen LogP contribution in [0.4, 0.5) is 0 Å². The normalized spacial score (nSPS) is 11.6. The Labute approximate surface area is 129 Å². The molecule has 0 saturated heterocycles. The fourth-order valence-electron chi connectivity index (χ4n) is 2.14. The SMILES string of the molecule is CO[Si](OC)(OC)c1ccc(-c2cccc(Br)c2)cc1. The Bertz CT molecular complexity index is 559. The van der Waals surface area contributed by atoms with E-state index in [2.05, 4.69) is 40.2 Å². The van der Waals surface area contributed by atoms with Crippen molar-refractivity contribution in [2.75, 3.05) is 21.3 Å². The highest BCUT2D eigenvalue weighted by atomic mass is 79.9. The molecule has 5 heteroatoms. The minimum Gasteiger partial charge on any atom is -0.373 e. The number of hydrogen-bond donors (Lipinski definition) is 0. The molecule has 0 aliphatic rings. The van der Waals surface area contributed by atoms with Gasteiger partial charge in [0.15, 0.2) is 0 Å². The molecule has 0 aliphatic heterocycles. The van der Waals surface area contributed by atoms with Crippen molar-refractivity contribution >= 4 is 29.9 Å². The van der Waals surface area contributed by atoms with Crippen LogP contribution in [0.5, 0.6) is 0 Å². The van der Waals surface area contributed by atoms with E-state index in [4.69, 9.17) is 13.3 Å².